The summed E-state index contributed by atoms with van der Waals surface area (Å²) in [4.78, 5) is 0. The van der Waals surface area contributed by atoms with Gasteiger partial charge < -0.3 is 0 Å². The first-order valence-electron chi connectivity index (χ1n) is 4.96. The largest absolute Gasteiger partial charge is 0.198 e. The Morgan fingerprint density at radius 2 is 1.64 bits per heavy atom. The molecule has 0 spiro atoms. The lowest BCUT2D eigenvalue weighted by molar-refractivity contribution is 1.17. The smallest absolute Gasteiger partial charge is 0.0625 e. The molecular formula is C11H17N2P. The Hall–Kier alpha value is -0.850. The molecule has 0 aliphatic rings. The first-order chi connectivity index (χ1) is 6.85. The van der Waals surface area contributed by atoms with E-state index in [-0.39, 0.29) is 7.92 Å². The second-order valence-corrected chi connectivity index (χ2v) is 5.60. The molecule has 0 saturated heterocycles. The van der Waals surface area contributed by atoms with Crippen molar-refractivity contribution in [2.24, 2.45) is 0 Å². The summed E-state index contributed by atoms with van der Waals surface area (Å²) in [7, 11) is -0.116. The van der Waals surface area contributed by atoms with Crippen LogP contribution in [0, 0.1) is 22.7 Å². The van der Waals surface area contributed by atoms with E-state index in [1.807, 2.05) is 0 Å². The quantitative estimate of drug-likeness (QED) is 0.476. The van der Waals surface area contributed by atoms with E-state index >= 15 is 0 Å². The van der Waals surface area contributed by atoms with Gasteiger partial charge in [-0.25, -0.2) is 0 Å². The molecule has 0 aliphatic heterocycles. The summed E-state index contributed by atoms with van der Waals surface area (Å²) in [6.07, 6.45) is 9.75. The Morgan fingerprint density at radius 1 is 1.07 bits per heavy atom. The lowest BCUT2D eigenvalue weighted by Gasteiger charge is -2.11. The van der Waals surface area contributed by atoms with Crippen molar-refractivity contribution in [2.45, 2.75) is 26.2 Å². The predicted octanol–water partition coefficient (Wildman–Crippen LogP) is 3.26. The Morgan fingerprint density at radius 3 is 2.07 bits per heavy atom. The van der Waals surface area contributed by atoms with Gasteiger partial charge in [-0.15, -0.1) is 7.92 Å². The summed E-state index contributed by atoms with van der Waals surface area (Å²) in [6, 6.07) is 4.35. The highest BCUT2D eigenvalue weighted by molar-refractivity contribution is 7.57. The third kappa shape index (κ3) is 7.78. The molecule has 0 radical (unpaired) electrons. The van der Waals surface area contributed by atoms with Crippen LogP contribution in [0.25, 0.3) is 0 Å². The normalized spacial score (nSPS) is 10.3. The molecule has 0 saturated carbocycles. The molecule has 0 aliphatic carbocycles. The van der Waals surface area contributed by atoms with Crippen molar-refractivity contribution in [1.82, 2.24) is 0 Å². The zero-order chi connectivity index (χ0) is 10.6. The van der Waals surface area contributed by atoms with Gasteiger partial charge in [-0.05, 0) is 24.9 Å². The molecule has 0 unspecified atom stereocenters. The van der Waals surface area contributed by atoms with Crippen molar-refractivity contribution in [2.75, 3.05) is 18.5 Å². The molecule has 0 bridgehead atoms. The van der Waals surface area contributed by atoms with Crippen LogP contribution in [0.2, 0.25) is 0 Å². The highest BCUT2D eigenvalue weighted by Gasteiger charge is 2.04. The molecule has 0 fully saturated rings. The van der Waals surface area contributed by atoms with Gasteiger partial charge in [0.05, 0.1) is 12.1 Å². The molecule has 2 nitrogen and oxygen atoms in total. The Balaban J connectivity index is 3.79. The lowest BCUT2D eigenvalue weighted by atomic mass is 10.4. The van der Waals surface area contributed by atoms with E-state index in [0.29, 0.717) is 12.8 Å². The maximum Gasteiger partial charge on any atom is 0.0625 e. The van der Waals surface area contributed by atoms with E-state index in [2.05, 4.69) is 31.2 Å². The molecule has 0 heterocycles. The van der Waals surface area contributed by atoms with Crippen molar-refractivity contribution < 1.29 is 0 Å². The van der Waals surface area contributed by atoms with E-state index in [0.717, 1.165) is 24.9 Å². The van der Waals surface area contributed by atoms with E-state index in [4.69, 9.17) is 10.5 Å². The van der Waals surface area contributed by atoms with Crippen LogP contribution in [0.5, 0.6) is 0 Å². The van der Waals surface area contributed by atoms with Crippen LogP contribution in [-0.4, -0.2) is 18.5 Å². The zero-order valence-electron chi connectivity index (χ0n) is 8.74. The number of nitrogens with zero attached hydrogens (tertiary/aromatic N) is 2. The van der Waals surface area contributed by atoms with Gasteiger partial charge in [0, 0.05) is 12.8 Å². The molecule has 0 aromatic carbocycles. The Kier molecular flexibility index (Phi) is 9.61. The van der Waals surface area contributed by atoms with Crippen LogP contribution < -0.4 is 0 Å². The van der Waals surface area contributed by atoms with Crippen molar-refractivity contribution in [1.29, 1.82) is 10.5 Å². The van der Waals surface area contributed by atoms with Crippen LogP contribution in [0.3, 0.4) is 0 Å². The maximum atomic E-state index is 8.49. The molecule has 0 amide bonds. The molecule has 76 valence electrons. The van der Waals surface area contributed by atoms with Gasteiger partial charge in [-0.3, -0.25) is 0 Å². The topological polar surface area (TPSA) is 47.6 Å². The summed E-state index contributed by atoms with van der Waals surface area (Å²) in [6.45, 7) is 2.11. The molecule has 0 N–H and O–H groups in total. The Bertz CT molecular complexity index is 217. The molecule has 0 rings (SSSR count). The number of allylic oxidation sites excluding steroid dienone is 2. The first-order valence-corrected chi connectivity index (χ1v) is 6.86. The van der Waals surface area contributed by atoms with Gasteiger partial charge in [0.25, 0.3) is 0 Å². The second kappa shape index (κ2) is 10.2. The van der Waals surface area contributed by atoms with Crippen molar-refractivity contribution in [3.8, 4) is 12.1 Å². The van der Waals surface area contributed by atoms with Crippen molar-refractivity contribution in [3.63, 3.8) is 0 Å². The standard InChI is InChI=1S/C11H17N2P/c1-2-3-4-9-14(10-5-7-12)11-6-8-13/h3-4H,2,5-6,9-11H2,1H3/b4-3+. The number of rotatable bonds is 7. The minimum Gasteiger partial charge on any atom is -0.198 e. The van der Waals surface area contributed by atoms with Gasteiger partial charge in [0.15, 0.2) is 0 Å². The maximum absolute atomic E-state index is 8.49. The number of hydrogen-bond acceptors (Lipinski definition) is 2. The summed E-state index contributed by atoms with van der Waals surface area (Å²) >= 11 is 0. The second-order valence-electron chi connectivity index (χ2n) is 3.00. The molecule has 14 heavy (non-hydrogen) atoms. The van der Waals surface area contributed by atoms with Crippen molar-refractivity contribution >= 4 is 7.92 Å². The van der Waals surface area contributed by atoms with Crippen LogP contribution in [0.15, 0.2) is 12.2 Å². The van der Waals surface area contributed by atoms with E-state index < -0.39 is 0 Å². The van der Waals surface area contributed by atoms with Gasteiger partial charge in [0.1, 0.15) is 0 Å². The fourth-order valence-corrected chi connectivity index (χ4v) is 2.97. The van der Waals surface area contributed by atoms with E-state index in [1.165, 1.54) is 0 Å². The third-order valence-corrected chi connectivity index (χ3v) is 4.28. The number of hydrogen-bond donors (Lipinski definition) is 0. The fraction of sp³-hybridized carbons (Fsp3) is 0.636. The molecule has 0 aromatic rings. The van der Waals surface area contributed by atoms with Gasteiger partial charge >= 0.3 is 0 Å². The fourth-order valence-electron chi connectivity index (χ4n) is 1.10. The predicted molar refractivity (Wildman–Crippen MR) is 61.4 cm³/mol. The SMILES string of the molecule is CC/C=C/CP(CCC#N)CCC#N. The average Bonchev–Trinajstić information content (AvgIpc) is 2.21. The monoisotopic (exact) mass is 208 g/mol. The molecule has 0 atom stereocenters. The highest BCUT2D eigenvalue weighted by atomic mass is 31.1. The van der Waals surface area contributed by atoms with Gasteiger partial charge in [-0.1, -0.05) is 19.1 Å². The minimum absolute atomic E-state index is 0.116. The van der Waals surface area contributed by atoms with Crippen LogP contribution >= 0.6 is 7.92 Å². The third-order valence-electron chi connectivity index (χ3n) is 1.85. The summed E-state index contributed by atoms with van der Waals surface area (Å²) < 4.78 is 0. The molecule has 3 heteroatoms. The molecule has 0 aromatic heterocycles. The highest BCUT2D eigenvalue weighted by Crippen LogP contribution is 2.36. The van der Waals surface area contributed by atoms with E-state index in [1.54, 1.807) is 0 Å². The van der Waals surface area contributed by atoms with Crippen LogP contribution in [0.1, 0.15) is 26.2 Å². The van der Waals surface area contributed by atoms with Crippen molar-refractivity contribution in [3.05, 3.63) is 12.2 Å². The average molecular weight is 208 g/mol. The Labute approximate surface area is 88.0 Å². The summed E-state index contributed by atoms with van der Waals surface area (Å²) in [5.74, 6) is 0. The van der Waals surface area contributed by atoms with E-state index in [9.17, 15) is 0 Å². The zero-order valence-corrected chi connectivity index (χ0v) is 9.63. The summed E-state index contributed by atoms with van der Waals surface area (Å²) in [5, 5.41) is 17.0. The van der Waals surface area contributed by atoms with Gasteiger partial charge in [-0.2, -0.15) is 10.5 Å². The van der Waals surface area contributed by atoms with Crippen LogP contribution in [0.4, 0.5) is 0 Å². The lowest BCUT2D eigenvalue weighted by Crippen LogP contribution is -1.92. The first kappa shape index (κ1) is 13.2. The van der Waals surface area contributed by atoms with Crippen LogP contribution in [-0.2, 0) is 0 Å². The molecular weight excluding hydrogens is 191 g/mol. The number of nitriles is 2. The minimum atomic E-state index is -0.116. The summed E-state index contributed by atoms with van der Waals surface area (Å²) in [5.41, 5.74) is 0. The van der Waals surface area contributed by atoms with Gasteiger partial charge in [0.2, 0.25) is 0 Å².